The number of ether oxygens (including phenoxy) is 1. The van der Waals surface area contributed by atoms with Crippen LogP contribution < -0.4 is 4.90 Å². The smallest absolute Gasteiger partial charge is 0.224 e. The van der Waals surface area contributed by atoms with Gasteiger partial charge in [0.2, 0.25) is 5.28 Å². The molecule has 0 radical (unpaired) electrons. The summed E-state index contributed by atoms with van der Waals surface area (Å²) in [5.41, 5.74) is 0.801. The molecule has 1 N–H and O–H groups in total. The fourth-order valence-electron chi connectivity index (χ4n) is 1.34. The molecule has 6 heteroatoms. The lowest BCUT2D eigenvalue weighted by Crippen LogP contribution is -2.31. The van der Waals surface area contributed by atoms with Crippen molar-refractivity contribution in [3.05, 3.63) is 17.0 Å². The second-order valence-corrected chi connectivity index (χ2v) is 3.68. The maximum atomic E-state index is 8.98. The zero-order chi connectivity index (χ0) is 12.0. The van der Waals surface area contributed by atoms with Crippen LogP contribution in [0.25, 0.3) is 0 Å². The molecule has 0 unspecified atom stereocenters. The first-order valence-electron chi connectivity index (χ1n) is 5.03. The largest absolute Gasteiger partial charge is 0.395 e. The van der Waals surface area contributed by atoms with E-state index in [1.54, 1.807) is 7.11 Å². The van der Waals surface area contributed by atoms with Gasteiger partial charge in [-0.05, 0) is 18.5 Å². The average molecular weight is 246 g/mol. The highest BCUT2D eigenvalue weighted by molar-refractivity contribution is 6.28. The standard InChI is InChI=1S/C10H16ClN3O2/c1-8-7-9(13-10(11)12-8)14(3-5-15)4-6-16-2/h7,15H,3-6H2,1-2H3. The number of methoxy groups -OCH3 is 1. The van der Waals surface area contributed by atoms with Gasteiger partial charge in [-0.3, -0.25) is 0 Å². The minimum Gasteiger partial charge on any atom is -0.395 e. The van der Waals surface area contributed by atoms with E-state index in [1.807, 2.05) is 17.9 Å². The molecule has 0 aliphatic rings. The number of rotatable bonds is 6. The maximum absolute atomic E-state index is 8.98. The summed E-state index contributed by atoms with van der Waals surface area (Å²) in [6.07, 6.45) is 0. The van der Waals surface area contributed by atoms with Crippen molar-refractivity contribution in [2.24, 2.45) is 0 Å². The third-order valence-electron chi connectivity index (χ3n) is 2.07. The van der Waals surface area contributed by atoms with Gasteiger partial charge < -0.3 is 14.7 Å². The Balaban J connectivity index is 2.82. The predicted molar refractivity (Wildman–Crippen MR) is 63.0 cm³/mol. The van der Waals surface area contributed by atoms with E-state index in [9.17, 15) is 0 Å². The Bertz CT molecular complexity index is 316. The monoisotopic (exact) mass is 245 g/mol. The molecule has 0 aliphatic heterocycles. The Kier molecular flexibility index (Phi) is 5.45. The van der Waals surface area contributed by atoms with Gasteiger partial charge in [-0.2, -0.15) is 0 Å². The zero-order valence-corrected chi connectivity index (χ0v) is 10.2. The van der Waals surface area contributed by atoms with Crippen LogP contribution in [-0.2, 0) is 4.74 Å². The van der Waals surface area contributed by atoms with Crippen LogP contribution in [0.2, 0.25) is 5.28 Å². The molecular weight excluding hydrogens is 230 g/mol. The predicted octanol–water partition coefficient (Wildman–Crippen LogP) is 0.884. The molecule has 16 heavy (non-hydrogen) atoms. The maximum Gasteiger partial charge on any atom is 0.224 e. The molecule has 0 atom stereocenters. The van der Waals surface area contributed by atoms with Crippen LogP contribution in [0.5, 0.6) is 0 Å². The summed E-state index contributed by atoms with van der Waals surface area (Å²) in [6, 6.07) is 1.83. The number of anilines is 1. The molecule has 0 spiro atoms. The van der Waals surface area contributed by atoms with Crippen molar-refractivity contribution in [1.82, 2.24) is 9.97 Å². The number of nitrogens with zero attached hydrogens (tertiary/aromatic N) is 3. The Morgan fingerprint density at radius 3 is 2.75 bits per heavy atom. The molecular formula is C10H16ClN3O2. The summed E-state index contributed by atoms with van der Waals surface area (Å²) >= 11 is 5.79. The molecule has 1 aromatic heterocycles. The SMILES string of the molecule is COCCN(CCO)c1cc(C)nc(Cl)n1. The van der Waals surface area contributed by atoms with Gasteiger partial charge >= 0.3 is 0 Å². The molecule has 0 bridgehead atoms. The summed E-state index contributed by atoms with van der Waals surface area (Å²) in [7, 11) is 1.63. The highest BCUT2D eigenvalue weighted by atomic mass is 35.5. The second-order valence-electron chi connectivity index (χ2n) is 3.34. The van der Waals surface area contributed by atoms with E-state index in [0.29, 0.717) is 25.5 Å². The topological polar surface area (TPSA) is 58.5 Å². The van der Waals surface area contributed by atoms with Gasteiger partial charge in [-0.1, -0.05) is 0 Å². The van der Waals surface area contributed by atoms with Gasteiger partial charge in [-0.15, -0.1) is 0 Å². The van der Waals surface area contributed by atoms with Crippen molar-refractivity contribution in [2.75, 3.05) is 38.3 Å². The molecule has 0 aliphatic carbocycles. The summed E-state index contributed by atoms with van der Waals surface area (Å²) in [6.45, 7) is 3.63. The molecule has 1 heterocycles. The van der Waals surface area contributed by atoms with Crippen molar-refractivity contribution in [3.63, 3.8) is 0 Å². The van der Waals surface area contributed by atoms with Crippen LogP contribution in [0.15, 0.2) is 6.07 Å². The lowest BCUT2D eigenvalue weighted by molar-refractivity contribution is 0.202. The van der Waals surface area contributed by atoms with Crippen molar-refractivity contribution in [1.29, 1.82) is 0 Å². The Labute approximate surface area is 100 Å². The van der Waals surface area contributed by atoms with E-state index in [4.69, 9.17) is 21.4 Å². The van der Waals surface area contributed by atoms with Crippen LogP contribution in [0, 0.1) is 6.92 Å². The fourth-order valence-corrected chi connectivity index (χ4v) is 1.56. The second kappa shape index (κ2) is 6.62. The summed E-state index contributed by atoms with van der Waals surface area (Å²) < 4.78 is 5.00. The Morgan fingerprint density at radius 1 is 1.44 bits per heavy atom. The van der Waals surface area contributed by atoms with E-state index in [2.05, 4.69) is 9.97 Å². The third kappa shape index (κ3) is 3.92. The normalized spacial score (nSPS) is 10.5. The molecule has 1 aromatic rings. The van der Waals surface area contributed by atoms with Crippen LogP contribution in [0.1, 0.15) is 5.69 Å². The van der Waals surface area contributed by atoms with E-state index < -0.39 is 0 Å². The minimum absolute atomic E-state index is 0.0599. The van der Waals surface area contributed by atoms with E-state index in [-0.39, 0.29) is 11.9 Å². The molecule has 5 nitrogen and oxygen atoms in total. The number of hydrogen-bond donors (Lipinski definition) is 1. The summed E-state index contributed by atoms with van der Waals surface area (Å²) in [5, 5.41) is 9.19. The van der Waals surface area contributed by atoms with Crippen LogP contribution >= 0.6 is 11.6 Å². The number of aromatic nitrogens is 2. The molecule has 0 fully saturated rings. The first kappa shape index (κ1) is 13.2. The van der Waals surface area contributed by atoms with Crippen LogP contribution in [-0.4, -0.2) is 48.5 Å². The van der Waals surface area contributed by atoms with Crippen LogP contribution in [0.3, 0.4) is 0 Å². The Hall–Kier alpha value is -0.910. The molecule has 0 saturated carbocycles. The lowest BCUT2D eigenvalue weighted by Gasteiger charge is -2.22. The van der Waals surface area contributed by atoms with E-state index >= 15 is 0 Å². The van der Waals surface area contributed by atoms with Crippen LogP contribution in [0.4, 0.5) is 5.82 Å². The third-order valence-corrected chi connectivity index (χ3v) is 2.24. The number of aliphatic hydroxyl groups is 1. The quantitative estimate of drug-likeness (QED) is 0.754. The molecule has 0 saturated heterocycles. The molecule has 0 aromatic carbocycles. The zero-order valence-electron chi connectivity index (χ0n) is 9.48. The van der Waals surface area contributed by atoms with Crippen molar-refractivity contribution >= 4 is 17.4 Å². The van der Waals surface area contributed by atoms with Gasteiger partial charge in [0.15, 0.2) is 0 Å². The Morgan fingerprint density at radius 2 is 2.19 bits per heavy atom. The number of aliphatic hydroxyl groups excluding tert-OH is 1. The molecule has 1 rings (SSSR count). The summed E-state index contributed by atoms with van der Waals surface area (Å²) in [4.78, 5) is 10.0. The van der Waals surface area contributed by atoms with Gasteiger partial charge in [0.05, 0.1) is 13.2 Å². The van der Waals surface area contributed by atoms with Gasteiger partial charge in [0.1, 0.15) is 5.82 Å². The number of aryl methyl sites for hydroxylation is 1. The van der Waals surface area contributed by atoms with E-state index in [0.717, 1.165) is 5.69 Å². The number of halogens is 1. The number of hydrogen-bond acceptors (Lipinski definition) is 5. The molecule has 0 amide bonds. The molecule has 90 valence electrons. The highest BCUT2D eigenvalue weighted by Gasteiger charge is 2.09. The first-order chi connectivity index (χ1) is 7.67. The fraction of sp³-hybridized carbons (Fsp3) is 0.600. The first-order valence-corrected chi connectivity index (χ1v) is 5.41. The minimum atomic E-state index is 0.0599. The van der Waals surface area contributed by atoms with Gasteiger partial charge in [0, 0.05) is 32.0 Å². The van der Waals surface area contributed by atoms with Gasteiger partial charge in [-0.25, -0.2) is 9.97 Å². The summed E-state index contributed by atoms with van der Waals surface area (Å²) in [5.74, 6) is 0.712. The van der Waals surface area contributed by atoms with Crippen molar-refractivity contribution in [3.8, 4) is 0 Å². The lowest BCUT2D eigenvalue weighted by atomic mass is 10.4. The highest BCUT2D eigenvalue weighted by Crippen LogP contribution is 2.14. The van der Waals surface area contributed by atoms with Gasteiger partial charge in [0.25, 0.3) is 0 Å². The van der Waals surface area contributed by atoms with E-state index in [1.165, 1.54) is 0 Å². The van der Waals surface area contributed by atoms with Crippen molar-refractivity contribution in [2.45, 2.75) is 6.92 Å². The average Bonchev–Trinajstić information content (AvgIpc) is 2.22. The van der Waals surface area contributed by atoms with Crippen molar-refractivity contribution < 1.29 is 9.84 Å².